The van der Waals surface area contributed by atoms with Gasteiger partial charge in [0.15, 0.2) is 0 Å². The number of fused-ring (bicyclic) bond motifs is 1. The number of rotatable bonds is 6. The van der Waals surface area contributed by atoms with Crippen molar-refractivity contribution in [2.45, 2.75) is 19.4 Å². The van der Waals surface area contributed by atoms with E-state index < -0.39 is 0 Å². The van der Waals surface area contributed by atoms with Crippen molar-refractivity contribution in [3.05, 3.63) is 24.0 Å². The van der Waals surface area contributed by atoms with E-state index in [4.69, 9.17) is 14.9 Å². The summed E-state index contributed by atoms with van der Waals surface area (Å²) in [5.74, 6) is 1.66. The van der Waals surface area contributed by atoms with Gasteiger partial charge < -0.3 is 19.5 Å². The molecule has 2 rings (SSSR count). The summed E-state index contributed by atoms with van der Waals surface area (Å²) in [6.07, 6.45) is 1.37. The fourth-order valence-electron chi connectivity index (χ4n) is 2.06. The normalized spacial score (nSPS) is 11.1. The average molecular weight is 250 g/mol. The van der Waals surface area contributed by atoms with Gasteiger partial charge in [-0.05, 0) is 18.6 Å². The maximum absolute atomic E-state index is 9.13. The molecule has 1 aromatic carbocycles. The Labute approximate surface area is 106 Å². The Hall–Kier alpha value is -1.59. The van der Waals surface area contributed by atoms with E-state index in [0.29, 0.717) is 19.4 Å². The first-order valence-corrected chi connectivity index (χ1v) is 6.05. The molecule has 0 aliphatic carbocycles. The number of methoxy groups -OCH3 is 1. The molecule has 98 valence electrons. The summed E-state index contributed by atoms with van der Waals surface area (Å²) in [5.41, 5.74) is 1.84. The Kier molecular flexibility index (Phi) is 4.17. The first-order valence-electron chi connectivity index (χ1n) is 6.05. The number of aryl methyl sites for hydroxylation is 1. The molecule has 0 saturated carbocycles. The number of hydrogen-bond acceptors (Lipinski definition) is 4. The smallest absolute Gasteiger partial charge is 0.121 e. The number of aliphatic hydroxyl groups is 2. The van der Waals surface area contributed by atoms with Crippen molar-refractivity contribution in [1.29, 1.82) is 0 Å². The lowest BCUT2D eigenvalue weighted by atomic mass is 10.3. The molecule has 0 radical (unpaired) electrons. The first kappa shape index (κ1) is 12.9. The Morgan fingerprint density at radius 3 is 2.78 bits per heavy atom. The molecule has 0 spiro atoms. The second-order valence-corrected chi connectivity index (χ2v) is 4.09. The van der Waals surface area contributed by atoms with Crippen molar-refractivity contribution in [3.63, 3.8) is 0 Å². The van der Waals surface area contributed by atoms with Gasteiger partial charge >= 0.3 is 0 Å². The molecule has 0 bridgehead atoms. The molecule has 1 aromatic heterocycles. The third-order valence-corrected chi connectivity index (χ3v) is 2.92. The number of hydrogen-bond donors (Lipinski definition) is 2. The SMILES string of the molecule is COc1ccc2c(c1)nc(CCCO)n2CCO. The van der Waals surface area contributed by atoms with Crippen molar-refractivity contribution < 1.29 is 14.9 Å². The lowest BCUT2D eigenvalue weighted by Crippen LogP contribution is -2.07. The fraction of sp³-hybridized carbons (Fsp3) is 0.462. The van der Waals surface area contributed by atoms with Crippen LogP contribution < -0.4 is 4.74 Å². The molecule has 0 unspecified atom stereocenters. The Morgan fingerprint density at radius 2 is 2.11 bits per heavy atom. The van der Waals surface area contributed by atoms with Crippen LogP contribution in [0.1, 0.15) is 12.2 Å². The van der Waals surface area contributed by atoms with Crippen LogP contribution in [0.2, 0.25) is 0 Å². The molecule has 5 heteroatoms. The van der Waals surface area contributed by atoms with Gasteiger partial charge in [0.1, 0.15) is 11.6 Å². The number of benzene rings is 1. The minimum Gasteiger partial charge on any atom is -0.497 e. The lowest BCUT2D eigenvalue weighted by Gasteiger charge is -2.06. The second-order valence-electron chi connectivity index (χ2n) is 4.09. The van der Waals surface area contributed by atoms with Crippen molar-refractivity contribution in [2.24, 2.45) is 0 Å². The van der Waals surface area contributed by atoms with E-state index in [0.717, 1.165) is 22.6 Å². The van der Waals surface area contributed by atoms with Crippen molar-refractivity contribution in [3.8, 4) is 5.75 Å². The number of ether oxygens (including phenoxy) is 1. The number of imidazole rings is 1. The summed E-state index contributed by atoms with van der Waals surface area (Å²) >= 11 is 0. The van der Waals surface area contributed by atoms with Crippen LogP contribution in [0.25, 0.3) is 11.0 Å². The van der Waals surface area contributed by atoms with Gasteiger partial charge in [0.25, 0.3) is 0 Å². The minimum absolute atomic E-state index is 0.0730. The molecule has 0 fully saturated rings. The molecule has 0 aliphatic rings. The van der Waals surface area contributed by atoms with Crippen molar-refractivity contribution in [2.75, 3.05) is 20.3 Å². The molecule has 1 heterocycles. The van der Waals surface area contributed by atoms with Crippen molar-refractivity contribution in [1.82, 2.24) is 9.55 Å². The monoisotopic (exact) mass is 250 g/mol. The Balaban J connectivity index is 2.44. The maximum Gasteiger partial charge on any atom is 0.121 e. The van der Waals surface area contributed by atoms with Crippen LogP contribution in [0.15, 0.2) is 18.2 Å². The zero-order valence-corrected chi connectivity index (χ0v) is 10.5. The van der Waals surface area contributed by atoms with E-state index in [9.17, 15) is 0 Å². The van der Waals surface area contributed by atoms with Crippen LogP contribution in [-0.2, 0) is 13.0 Å². The van der Waals surface area contributed by atoms with Gasteiger partial charge in [-0.2, -0.15) is 0 Å². The summed E-state index contributed by atoms with van der Waals surface area (Å²) < 4.78 is 7.16. The van der Waals surface area contributed by atoms with E-state index in [-0.39, 0.29) is 13.2 Å². The number of aromatic nitrogens is 2. The van der Waals surface area contributed by atoms with E-state index >= 15 is 0 Å². The molecular weight excluding hydrogens is 232 g/mol. The van der Waals surface area contributed by atoms with Gasteiger partial charge in [-0.3, -0.25) is 0 Å². The molecule has 2 aromatic rings. The summed E-state index contributed by atoms with van der Waals surface area (Å²) in [7, 11) is 1.62. The quantitative estimate of drug-likeness (QED) is 0.801. The summed E-state index contributed by atoms with van der Waals surface area (Å²) in [4.78, 5) is 4.54. The molecule has 0 saturated heterocycles. The third kappa shape index (κ3) is 2.47. The second kappa shape index (κ2) is 5.84. The molecule has 0 aliphatic heterocycles. The highest BCUT2D eigenvalue weighted by Gasteiger charge is 2.10. The van der Waals surface area contributed by atoms with Crippen molar-refractivity contribution >= 4 is 11.0 Å². The number of aliphatic hydroxyl groups excluding tert-OH is 2. The van der Waals surface area contributed by atoms with E-state index in [1.807, 2.05) is 22.8 Å². The highest BCUT2D eigenvalue weighted by Crippen LogP contribution is 2.22. The van der Waals surface area contributed by atoms with Gasteiger partial charge in [-0.15, -0.1) is 0 Å². The van der Waals surface area contributed by atoms with Crippen LogP contribution in [0, 0.1) is 0 Å². The predicted octanol–water partition coefficient (Wildman–Crippen LogP) is 0.962. The van der Waals surface area contributed by atoms with E-state index in [1.54, 1.807) is 7.11 Å². The number of nitrogens with zero attached hydrogens (tertiary/aromatic N) is 2. The molecule has 0 atom stereocenters. The topological polar surface area (TPSA) is 67.5 Å². The highest BCUT2D eigenvalue weighted by atomic mass is 16.5. The average Bonchev–Trinajstić information content (AvgIpc) is 2.74. The minimum atomic E-state index is 0.0730. The van der Waals surface area contributed by atoms with Gasteiger partial charge in [-0.1, -0.05) is 0 Å². The maximum atomic E-state index is 9.13. The van der Waals surface area contributed by atoms with Crippen LogP contribution >= 0.6 is 0 Å². The van der Waals surface area contributed by atoms with Crippen LogP contribution in [0.3, 0.4) is 0 Å². The van der Waals surface area contributed by atoms with Gasteiger partial charge in [-0.25, -0.2) is 4.98 Å². The predicted molar refractivity (Wildman–Crippen MR) is 68.8 cm³/mol. The summed E-state index contributed by atoms with van der Waals surface area (Å²) in [6, 6.07) is 5.71. The summed E-state index contributed by atoms with van der Waals surface area (Å²) in [5, 5.41) is 18.0. The molecule has 5 nitrogen and oxygen atoms in total. The fourth-order valence-corrected chi connectivity index (χ4v) is 2.06. The van der Waals surface area contributed by atoms with E-state index in [1.165, 1.54) is 0 Å². The molecule has 18 heavy (non-hydrogen) atoms. The van der Waals surface area contributed by atoms with Crippen LogP contribution in [-0.4, -0.2) is 40.1 Å². The molecule has 0 amide bonds. The van der Waals surface area contributed by atoms with Crippen LogP contribution in [0.4, 0.5) is 0 Å². The van der Waals surface area contributed by atoms with Gasteiger partial charge in [0.2, 0.25) is 0 Å². The van der Waals surface area contributed by atoms with Gasteiger partial charge in [0.05, 0.1) is 24.8 Å². The van der Waals surface area contributed by atoms with E-state index in [2.05, 4.69) is 4.98 Å². The third-order valence-electron chi connectivity index (χ3n) is 2.92. The molecular formula is C13H18N2O3. The van der Waals surface area contributed by atoms with Gasteiger partial charge in [0, 0.05) is 25.6 Å². The molecule has 2 N–H and O–H groups in total. The Morgan fingerprint density at radius 1 is 1.28 bits per heavy atom. The lowest BCUT2D eigenvalue weighted by molar-refractivity contribution is 0.272. The van der Waals surface area contributed by atoms with Crippen LogP contribution in [0.5, 0.6) is 5.75 Å². The largest absolute Gasteiger partial charge is 0.497 e. The summed E-state index contributed by atoms with van der Waals surface area (Å²) in [6.45, 7) is 0.735. The Bertz CT molecular complexity index is 522. The standard InChI is InChI=1S/C13H18N2O3/c1-18-10-4-5-12-11(9-10)14-13(3-2-7-16)15(12)6-8-17/h4-5,9,16-17H,2-3,6-8H2,1H3. The zero-order valence-electron chi connectivity index (χ0n) is 10.5. The highest BCUT2D eigenvalue weighted by molar-refractivity contribution is 5.77. The first-order chi connectivity index (χ1) is 8.80. The zero-order chi connectivity index (χ0) is 13.0.